The first kappa shape index (κ1) is 22.2. The molecule has 0 aliphatic rings. The molecule has 0 aliphatic heterocycles. The Morgan fingerprint density at radius 2 is 1.48 bits per heavy atom. The van der Waals surface area contributed by atoms with Crippen LogP contribution in [0.5, 0.6) is 11.9 Å². The van der Waals surface area contributed by atoms with Gasteiger partial charge >= 0.3 is 6.01 Å². The van der Waals surface area contributed by atoms with E-state index in [-0.39, 0.29) is 22.6 Å². The number of sulfonamides is 1. The van der Waals surface area contributed by atoms with E-state index in [2.05, 4.69) is 25.3 Å². The first-order chi connectivity index (χ1) is 14.8. The van der Waals surface area contributed by atoms with E-state index in [1.807, 2.05) is 31.2 Å². The fourth-order valence-corrected chi connectivity index (χ4v) is 3.72. The molecule has 11 heteroatoms. The molecule has 2 aromatic carbocycles. The molecule has 0 bridgehead atoms. The van der Waals surface area contributed by atoms with Gasteiger partial charge in [-0.05, 0) is 55.5 Å². The molecule has 31 heavy (non-hydrogen) atoms. The van der Waals surface area contributed by atoms with Crippen molar-refractivity contribution in [2.45, 2.75) is 11.8 Å². The number of anilines is 3. The summed E-state index contributed by atoms with van der Waals surface area (Å²) in [6, 6.07) is 15.2. The first-order valence-corrected chi connectivity index (χ1v) is 10.9. The van der Waals surface area contributed by atoms with E-state index in [1.54, 1.807) is 12.1 Å². The average molecular weight is 460 g/mol. The normalized spacial score (nSPS) is 10.8. The third kappa shape index (κ3) is 6.03. The van der Waals surface area contributed by atoms with Crippen LogP contribution in [-0.4, -0.2) is 37.7 Å². The lowest BCUT2D eigenvalue weighted by molar-refractivity contribution is 0.353. The largest absolute Gasteiger partial charge is 0.481 e. The lowest BCUT2D eigenvalue weighted by atomic mass is 10.2. The summed E-state index contributed by atoms with van der Waals surface area (Å²) in [6.45, 7) is 2.00. The quantitative estimate of drug-likeness (QED) is 0.457. The Morgan fingerprint density at radius 3 is 2.03 bits per heavy atom. The van der Waals surface area contributed by atoms with Crippen LogP contribution in [-0.2, 0) is 10.0 Å². The van der Waals surface area contributed by atoms with Crippen LogP contribution < -0.4 is 24.8 Å². The molecule has 0 spiro atoms. The summed E-state index contributed by atoms with van der Waals surface area (Å²) in [5, 5.41) is 6.47. The summed E-state index contributed by atoms with van der Waals surface area (Å²) >= 11 is 5.30. The summed E-state index contributed by atoms with van der Waals surface area (Å²) in [5.74, 6) is 0.188. The molecule has 162 valence electrons. The topological polar surface area (TPSA) is 114 Å². The molecule has 0 saturated heterocycles. The standard InChI is InChI=1S/C20H21N5O4S2/c1-13-4-6-14(7-5-13)21-20(30)22-15-8-10-16(11-9-15)31(26,27)25-17-12-18(28-2)24-19(23-17)29-3/h4-12H,1-3H3,(H2,21,22,30)(H,23,24,25). The monoisotopic (exact) mass is 459 g/mol. The van der Waals surface area contributed by atoms with Gasteiger partial charge in [-0.1, -0.05) is 17.7 Å². The smallest absolute Gasteiger partial charge is 0.321 e. The zero-order valence-corrected chi connectivity index (χ0v) is 18.7. The number of nitrogens with one attached hydrogen (secondary N) is 3. The van der Waals surface area contributed by atoms with Crippen LogP contribution in [0.25, 0.3) is 0 Å². The van der Waals surface area contributed by atoms with Gasteiger partial charge in [-0.2, -0.15) is 9.97 Å². The van der Waals surface area contributed by atoms with Crippen LogP contribution in [0.2, 0.25) is 0 Å². The van der Waals surface area contributed by atoms with Crippen molar-refractivity contribution in [1.29, 1.82) is 0 Å². The minimum Gasteiger partial charge on any atom is -0.481 e. The number of thiocarbonyl (C=S) groups is 1. The third-order valence-corrected chi connectivity index (χ3v) is 5.62. The summed E-state index contributed by atoms with van der Waals surface area (Å²) in [6.07, 6.45) is 0. The molecule has 3 rings (SSSR count). The molecule has 0 radical (unpaired) electrons. The Morgan fingerprint density at radius 1 is 0.903 bits per heavy atom. The number of ether oxygens (including phenoxy) is 2. The van der Waals surface area contributed by atoms with Crippen LogP contribution in [0.3, 0.4) is 0 Å². The molecular weight excluding hydrogens is 438 g/mol. The number of nitrogens with zero attached hydrogens (tertiary/aromatic N) is 2. The summed E-state index contributed by atoms with van der Waals surface area (Å²) in [7, 11) is -1.11. The van der Waals surface area contributed by atoms with E-state index in [0.29, 0.717) is 10.8 Å². The minimum atomic E-state index is -3.89. The van der Waals surface area contributed by atoms with Gasteiger partial charge < -0.3 is 20.1 Å². The zero-order valence-electron chi connectivity index (χ0n) is 17.0. The second-order valence-corrected chi connectivity index (χ2v) is 8.45. The van der Waals surface area contributed by atoms with Crippen molar-refractivity contribution in [2.24, 2.45) is 0 Å². The highest BCUT2D eigenvalue weighted by Gasteiger charge is 2.17. The fourth-order valence-electron chi connectivity index (χ4n) is 2.50. The number of methoxy groups -OCH3 is 2. The van der Waals surface area contributed by atoms with Crippen LogP contribution in [0, 0.1) is 6.92 Å². The van der Waals surface area contributed by atoms with Gasteiger partial charge in [-0.3, -0.25) is 4.72 Å². The summed E-state index contributed by atoms with van der Waals surface area (Å²) < 4.78 is 37.7. The highest BCUT2D eigenvalue weighted by atomic mass is 32.2. The van der Waals surface area contributed by atoms with E-state index in [9.17, 15) is 8.42 Å². The Hall–Kier alpha value is -3.44. The van der Waals surface area contributed by atoms with Gasteiger partial charge in [0, 0.05) is 17.4 Å². The van der Waals surface area contributed by atoms with Gasteiger partial charge in [-0.15, -0.1) is 0 Å². The lowest BCUT2D eigenvalue weighted by Gasteiger charge is -2.12. The predicted molar refractivity (Wildman–Crippen MR) is 123 cm³/mol. The van der Waals surface area contributed by atoms with Gasteiger partial charge in [-0.25, -0.2) is 8.42 Å². The molecule has 0 unspecified atom stereocenters. The molecular formula is C20H21N5O4S2. The van der Waals surface area contributed by atoms with Crippen molar-refractivity contribution in [1.82, 2.24) is 9.97 Å². The molecule has 1 heterocycles. The molecule has 3 aromatic rings. The van der Waals surface area contributed by atoms with Gasteiger partial charge in [0.15, 0.2) is 10.9 Å². The number of aryl methyl sites for hydroxylation is 1. The summed E-state index contributed by atoms with van der Waals surface area (Å²) in [4.78, 5) is 7.95. The molecule has 9 nitrogen and oxygen atoms in total. The van der Waals surface area contributed by atoms with E-state index in [4.69, 9.17) is 21.7 Å². The fraction of sp³-hybridized carbons (Fsp3) is 0.150. The van der Waals surface area contributed by atoms with Gasteiger partial charge in [0.2, 0.25) is 5.88 Å². The van der Waals surface area contributed by atoms with Gasteiger partial charge in [0.05, 0.1) is 19.1 Å². The van der Waals surface area contributed by atoms with Gasteiger partial charge in [0.25, 0.3) is 10.0 Å². The molecule has 1 aromatic heterocycles. The molecule has 0 amide bonds. The third-order valence-electron chi connectivity index (χ3n) is 4.04. The number of hydrogen-bond acceptors (Lipinski definition) is 7. The second-order valence-electron chi connectivity index (χ2n) is 6.36. The maximum Gasteiger partial charge on any atom is 0.321 e. The number of rotatable bonds is 7. The number of aromatic nitrogens is 2. The maximum absolute atomic E-state index is 12.7. The molecule has 3 N–H and O–H groups in total. The highest BCUT2D eigenvalue weighted by molar-refractivity contribution is 7.92. The highest BCUT2D eigenvalue weighted by Crippen LogP contribution is 2.21. The number of benzene rings is 2. The predicted octanol–water partition coefficient (Wildman–Crippen LogP) is 3.41. The van der Waals surface area contributed by atoms with Crippen LogP contribution in [0.1, 0.15) is 5.56 Å². The van der Waals surface area contributed by atoms with Crippen molar-refractivity contribution < 1.29 is 17.9 Å². The Balaban J connectivity index is 1.68. The Kier molecular flexibility index (Phi) is 6.88. The van der Waals surface area contributed by atoms with Crippen LogP contribution in [0.4, 0.5) is 17.2 Å². The Labute approximate surface area is 185 Å². The van der Waals surface area contributed by atoms with Crippen molar-refractivity contribution in [3.05, 3.63) is 60.2 Å². The number of hydrogen-bond donors (Lipinski definition) is 3. The first-order valence-electron chi connectivity index (χ1n) is 9.03. The van der Waals surface area contributed by atoms with Crippen molar-refractivity contribution >= 4 is 44.5 Å². The maximum atomic E-state index is 12.7. The van der Waals surface area contributed by atoms with E-state index >= 15 is 0 Å². The second kappa shape index (κ2) is 9.58. The average Bonchev–Trinajstić information content (AvgIpc) is 2.75. The van der Waals surface area contributed by atoms with Crippen molar-refractivity contribution in [2.75, 3.05) is 29.6 Å². The molecule has 0 aliphatic carbocycles. The van der Waals surface area contributed by atoms with Crippen molar-refractivity contribution in [3.63, 3.8) is 0 Å². The SMILES string of the molecule is COc1cc(NS(=O)(=O)c2ccc(NC(=S)Nc3ccc(C)cc3)cc2)nc(OC)n1. The molecule has 0 fully saturated rings. The van der Waals surface area contributed by atoms with Crippen LogP contribution in [0.15, 0.2) is 59.5 Å². The molecule has 0 saturated carbocycles. The van der Waals surface area contributed by atoms with Crippen LogP contribution >= 0.6 is 12.2 Å². The lowest BCUT2D eigenvalue weighted by Crippen LogP contribution is -2.19. The van der Waals surface area contributed by atoms with Crippen molar-refractivity contribution in [3.8, 4) is 11.9 Å². The Bertz CT molecular complexity index is 1140. The molecule has 0 atom stereocenters. The zero-order chi connectivity index (χ0) is 22.4. The van der Waals surface area contributed by atoms with E-state index in [1.165, 1.54) is 32.4 Å². The van der Waals surface area contributed by atoms with E-state index < -0.39 is 10.0 Å². The van der Waals surface area contributed by atoms with Gasteiger partial charge in [0.1, 0.15) is 0 Å². The van der Waals surface area contributed by atoms with E-state index in [0.717, 1.165) is 11.3 Å². The summed E-state index contributed by atoms with van der Waals surface area (Å²) in [5.41, 5.74) is 2.63. The minimum absolute atomic E-state index is 0.0220.